The Morgan fingerprint density at radius 1 is 1.17 bits per heavy atom. The SMILES string of the molecule is CCc1ccc(Cl)c(C(C)C)c1.N=Cn1nc(N2CCN(C=O)CC2)ccc1=N. The van der Waals surface area contributed by atoms with Gasteiger partial charge in [0, 0.05) is 31.2 Å². The van der Waals surface area contributed by atoms with Crippen molar-refractivity contribution in [3.8, 4) is 0 Å². The lowest BCUT2D eigenvalue weighted by Crippen LogP contribution is -2.46. The summed E-state index contributed by atoms with van der Waals surface area (Å²) in [4.78, 5) is 14.3. The van der Waals surface area contributed by atoms with E-state index in [4.69, 9.17) is 22.4 Å². The minimum atomic E-state index is 0.176. The molecule has 8 heteroatoms. The lowest BCUT2D eigenvalue weighted by Gasteiger charge is -2.33. The smallest absolute Gasteiger partial charge is 0.209 e. The summed E-state index contributed by atoms with van der Waals surface area (Å²) in [5.74, 6) is 1.25. The third-order valence-electron chi connectivity index (χ3n) is 4.85. The summed E-state index contributed by atoms with van der Waals surface area (Å²) in [7, 11) is 0. The summed E-state index contributed by atoms with van der Waals surface area (Å²) in [5, 5.41) is 19.7. The molecule has 0 saturated carbocycles. The zero-order chi connectivity index (χ0) is 21.4. The van der Waals surface area contributed by atoms with Gasteiger partial charge in [0.2, 0.25) is 6.41 Å². The number of aryl methyl sites for hydroxylation is 1. The predicted octanol–water partition coefficient (Wildman–Crippen LogP) is 3.12. The van der Waals surface area contributed by atoms with Crippen molar-refractivity contribution in [2.45, 2.75) is 33.1 Å². The van der Waals surface area contributed by atoms with Crippen LogP contribution in [0.4, 0.5) is 5.82 Å². The maximum Gasteiger partial charge on any atom is 0.209 e. The van der Waals surface area contributed by atoms with Crippen molar-refractivity contribution in [1.82, 2.24) is 14.7 Å². The molecule has 0 atom stereocenters. The van der Waals surface area contributed by atoms with Crippen molar-refractivity contribution in [3.05, 3.63) is 52.0 Å². The van der Waals surface area contributed by atoms with Crippen molar-refractivity contribution in [2.24, 2.45) is 0 Å². The number of rotatable bonds is 5. The van der Waals surface area contributed by atoms with E-state index < -0.39 is 0 Å². The van der Waals surface area contributed by atoms with Gasteiger partial charge < -0.3 is 9.80 Å². The summed E-state index contributed by atoms with van der Waals surface area (Å²) >= 11 is 6.05. The maximum absolute atomic E-state index is 10.6. The van der Waals surface area contributed by atoms with E-state index in [0.717, 1.165) is 43.1 Å². The fourth-order valence-corrected chi connectivity index (χ4v) is 3.34. The Morgan fingerprint density at radius 3 is 2.41 bits per heavy atom. The first-order chi connectivity index (χ1) is 13.9. The molecule has 7 nitrogen and oxygen atoms in total. The van der Waals surface area contributed by atoms with Crippen LogP contribution < -0.4 is 10.4 Å². The van der Waals surface area contributed by atoms with Gasteiger partial charge in [0.15, 0.2) is 0 Å². The van der Waals surface area contributed by atoms with Crippen LogP contribution >= 0.6 is 11.6 Å². The third-order valence-corrected chi connectivity index (χ3v) is 5.19. The second-order valence-electron chi connectivity index (χ2n) is 7.14. The highest BCUT2D eigenvalue weighted by atomic mass is 35.5. The number of hydrogen-bond acceptors (Lipinski definition) is 5. The molecule has 1 saturated heterocycles. The third kappa shape index (κ3) is 6.15. The first-order valence-electron chi connectivity index (χ1n) is 9.77. The van der Waals surface area contributed by atoms with E-state index in [1.807, 2.05) is 11.0 Å². The standard InChI is InChI=1S/C11H15Cl.C10H14N6O/c1-4-9-5-6-11(12)10(7-9)8(2)3;11-7-16-9(12)1-2-10(13-16)15-5-3-14(8-17)4-6-15/h5-8H,4H2,1-3H3;1-2,7-8,11-12H,3-6H2. The Labute approximate surface area is 176 Å². The molecule has 0 spiro atoms. The summed E-state index contributed by atoms with van der Waals surface area (Å²) in [6, 6.07) is 9.66. The Hall–Kier alpha value is -2.67. The molecule has 0 bridgehead atoms. The molecule has 1 fully saturated rings. The maximum atomic E-state index is 10.6. The Balaban J connectivity index is 0.000000221. The molecule has 2 aromatic rings. The van der Waals surface area contributed by atoms with Crippen molar-refractivity contribution in [1.29, 1.82) is 10.8 Å². The molecule has 3 rings (SSSR count). The lowest BCUT2D eigenvalue weighted by atomic mass is 10.00. The molecule has 0 aliphatic carbocycles. The molecule has 1 aliphatic heterocycles. The van der Waals surface area contributed by atoms with Crippen LogP contribution in [0.3, 0.4) is 0 Å². The monoisotopic (exact) mass is 416 g/mol. The number of nitrogens with one attached hydrogen (secondary N) is 2. The zero-order valence-corrected chi connectivity index (χ0v) is 18.0. The van der Waals surface area contributed by atoms with Crippen LogP contribution in [0, 0.1) is 10.8 Å². The van der Waals surface area contributed by atoms with Gasteiger partial charge in [-0.2, -0.15) is 0 Å². The molecular weight excluding hydrogens is 388 g/mol. The Morgan fingerprint density at radius 2 is 1.86 bits per heavy atom. The summed E-state index contributed by atoms with van der Waals surface area (Å²) in [6.45, 7) is 9.30. The molecule has 1 aromatic heterocycles. The number of amides is 1. The molecule has 1 aromatic carbocycles. The summed E-state index contributed by atoms with van der Waals surface area (Å²) < 4.78 is 1.21. The van der Waals surface area contributed by atoms with E-state index in [1.165, 1.54) is 15.8 Å². The average molecular weight is 417 g/mol. The number of aromatic nitrogens is 2. The van der Waals surface area contributed by atoms with Crippen molar-refractivity contribution >= 4 is 30.2 Å². The topological polar surface area (TPSA) is 89.1 Å². The highest BCUT2D eigenvalue weighted by Crippen LogP contribution is 2.25. The molecule has 29 heavy (non-hydrogen) atoms. The van der Waals surface area contributed by atoms with Gasteiger partial charge in [-0.3, -0.25) is 15.6 Å². The first kappa shape index (κ1) is 22.6. The highest BCUT2D eigenvalue weighted by Gasteiger charge is 2.16. The van der Waals surface area contributed by atoms with Crippen LogP contribution in [0.15, 0.2) is 30.3 Å². The van der Waals surface area contributed by atoms with E-state index in [1.54, 1.807) is 17.0 Å². The molecule has 1 aliphatic rings. The Bertz CT molecular complexity index is 887. The minimum Gasteiger partial charge on any atom is -0.352 e. The van der Waals surface area contributed by atoms with Gasteiger partial charge >= 0.3 is 0 Å². The van der Waals surface area contributed by atoms with Crippen molar-refractivity contribution in [2.75, 3.05) is 31.1 Å². The van der Waals surface area contributed by atoms with Crippen LogP contribution in [-0.4, -0.2) is 53.6 Å². The number of benzene rings is 1. The van der Waals surface area contributed by atoms with E-state index in [-0.39, 0.29) is 5.49 Å². The van der Waals surface area contributed by atoms with Gasteiger partial charge in [-0.15, -0.1) is 5.10 Å². The van der Waals surface area contributed by atoms with Gasteiger partial charge in [-0.25, -0.2) is 4.68 Å². The van der Waals surface area contributed by atoms with E-state index in [0.29, 0.717) is 19.0 Å². The highest BCUT2D eigenvalue weighted by molar-refractivity contribution is 6.31. The van der Waals surface area contributed by atoms with Crippen LogP contribution in [0.25, 0.3) is 0 Å². The number of carbonyl (C=O) groups excluding carboxylic acids is 1. The molecule has 2 N–H and O–H groups in total. The quantitative estimate of drug-likeness (QED) is 0.445. The number of halogens is 1. The minimum absolute atomic E-state index is 0.176. The lowest BCUT2D eigenvalue weighted by molar-refractivity contribution is -0.118. The Kier molecular flexibility index (Phi) is 8.39. The van der Waals surface area contributed by atoms with E-state index in [9.17, 15) is 4.79 Å². The molecule has 2 heterocycles. The fraction of sp³-hybridized carbons (Fsp3) is 0.429. The fourth-order valence-electron chi connectivity index (χ4n) is 3.01. The van der Waals surface area contributed by atoms with Gasteiger partial charge in [0.25, 0.3) is 0 Å². The second-order valence-corrected chi connectivity index (χ2v) is 7.55. The summed E-state index contributed by atoms with van der Waals surface area (Å²) in [6.07, 6.45) is 2.94. The number of carbonyl (C=O) groups is 1. The van der Waals surface area contributed by atoms with Crippen molar-refractivity contribution in [3.63, 3.8) is 0 Å². The summed E-state index contributed by atoms with van der Waals surface area (Å²) in [5.41, 5.74) is 2.80. The van der Waals surface area contributed by atoms with Gasteiger partial charge in [0.05, 0.1) is 0 Å². The number of piperazine rings is 1. The van der Waals surface area contributed by atoms with Crippen LogP contribution in [0.1, 0.15) is 37.8 Å². The molecular formula is C21H29ClN6O. The number of anilines is 1. The average Bonchev–Trinajstić information content (AvgIpc) is 2.75. The van der Waals surface area contributed by atoms with Crippen LogP contribution in [-0.2, 0) is 11.2 Å². The van der Waals surface area contributed by atoms with Gasteiger partial charge in [-0.1, -0.05) is 44.5 Å². The first-order valence-corrected chi connectivity index (χ1v) is 10.1. The van der Waals surface area contributed by atoms with Gasteiger partial charge in [-0.05, 0) is 41.7 Å². The van der Waals surface area contributed by atoms with E-state index >= 15 is 0 Å². The van der Waals surface area contributed by atoms with Gasteiger partial charge in [0.1, 0.15) is 17.6 Å². The van der Waals surface area contributed by atoms with Crippen LogP contribution in [0.5, 0.6) is 0 Å². The number of nitrogens with zero attached hydrogens (tertiary/aromatic N) is 4. The molecule has 156 valence electrons. The zero-order valence-electron chi connectivity index (χ0n) is 17.2. The molecule has 0 unspecified atom stereocenters. The van der Waals surface area contributed by atoms with Crippen molar-refractivity contribution < 1.29 is 4.79 Å². The van der Waals surface area contributed by atoms with Crippen LogP contribution in [0.2, 0.25) is 5.02 Å². The second kappa shape index (κ2) is 10.8. The normalized spacial score (nSPS) is 13.7. The van der Waals surface area contributed by atoms with E-state index in [2.05, 4.69) is 38.0 Å². The molecule has 0 radical (unpaired) electrons. The number of hydrogen-bond donors (Lipinski definition) is 2. The molecule has 1 amide bonds. The largest absolute Gasteiger partial charge is 0.352 e. The predicted molar refractivity (Wildman–Crippen MR) is 117 cm³/mol.